The summed E-state index contributed by atoms with van der Waals surface area (Å²) < 4.78 is 30.6. The molecule has 0 unspecified atom stereocenters. The van der Waals surface area contributed by atoms with Gasteiger partial charge in [0.2, 0.25) is 0 Å². The Morgan fingerprint density at radius 1 is 0.255 bits per heavy atom. The van der Waals surface area contributed by atoms with Crippen molar-refractivity contribution in [2.45, 2.75) is 142 Å². The molecule has 0 N–H and O–H groups in total. The second-order valence-electron chi connectivity index (χ2n) is 15.2. The fourth-order valence-corrected chi connectivity index (χ4v) is 5.88. The van der Waals surface area contributed by atoms with Gasteiger partial charge in [0.05, 0.1) is 107 Å². The van der Waals surface area contributed by atoms with E-state index in [-0.39, 0.29) is 0 Å². The van der Waals surface area contributed by atoms with Crippen molar-refractivity contribution in [1.29, 1.82) is 0 Å². The van der Waals surface area contributed by atoms with Gasteiger partial charge in [-0.2, -0.15) is 0 Å². The molecule has 0 amide bonds. The lowest BCUT2D eigenvalue weighted by Gasteiger charge is -2.29. The van der Waals surface area contributed by atoms with Gasteiger partial charge in [0.25, 0.3) is 0 Å². The Bertz CT molecular complexity index is 555. The first-order valence-electron chi connectivity index (χ1n) is 20.4. The van der Waals surface area contributed by atoms with E-state index in [0.29, 0.717) is 52.9 Å². The normalized spacial score (nSPS) is 12.4. The minimum Gasteiger partial charge on any atom is -0.377 e. The third-order valence-corrected chi connectivity index (χ3v) is 9.40. The van der Waals surface area contributed by atoms with Gasteiger partial charge in [0, 0.05) is 0 Å². The molecule has 7 heteroatoms. The number of hydrogen-bond donors (Lipinski definition) is 0. The summed E-state index contributed by atoms with van der Waals surface area (Å²) in [5, 5.41) is 0. The van der Waals surface area contributed by atoms with E-state index in [1.165, 1.54) is 142 Å². The lowest BCUT2D eigenvalue weighted by atomic mass is 10.1. The first kappa shape index (κ1) is 46.7. The van der Waals surface area contributed by atoms with Crippen LogP contribution in [-0.2, 0) is 23.7 Å². The van der Waals surface area contributed by atoms with Gasteiger partial charge in [-0.05, 0) is 25.7 Å². The minimum atomic E-state index is 0.592. The van der Waals surface area contributed by atoms with Crippen LogP contribution in [0.2, 0.25) is 0 Å². The largest absolute Gasteiger partial charge is 0.377 e. The quantitative estimate of drug-likeness (QED) is 0.0480. The number of likely N-dealkylation sites (N-methyl/N-ethyl adjacent to an activating group) is 2. The van der Waals surface area contributed by atoms with E-state index in [1.54, 1.807) is 0 Å². The van der Waals surface area contributed by atoms with Crippen molar-refractivity contribution >= 4 is 0 Å². The van der Waals surface area contributed by atoms with Crippen LogP contribution in [0.5, 0.6) is 0 Å². The summed E-state index contributed by atoms with van der Waals surface area (Å²) in [6.07, 6.45) is 27.9. The molecule has 0 rings (SSSR count). The Hall–Kier alpha value is -0.280. The molecule has 0 aliphatic rings. The van der Waals surface area contributed by atoms with Crippen molar-refractivity contribution in [3.63, 3.8) is 0 Å². The summed E-state index contributed by atoms with van der Waals surface area (Å²) in [4.78, 5) is 0. The predicted molar refractivity (Wildman–Crippen MR) is 201 cm³/mol. The molecule has 0 radical (unpaired) electrons. The Morgan fingerprint density at radius 3 is 0.723 bits per heavy atom. The van der Waals surface area contributed by atoms with E-state index >= 15 is 0 Å². The molecule has 0 aliphatic heterocycles. The van der Waals surface area contributed by atoms with Crippen molar-refractivity contribution in [3.05, 3.63) is 0 Å². The molecule has 0 atom stereocenters. The van der Waals surface area contributed by atoms with Gasteiger partial charge < -0.3 is 32.7 Å². The lowest BCUT2D eigenvalue weighted by Crippen LogP contribution is -2.43. The highest BCUT2D eigenvalue weighted by Crippen LogP contribution is 2.13. The van der Waals surface area contributed by atoms with Crippen LogP contribution >= 0.6 is 0 Å². The van der Waals surface area contributed by atoms with E-state index in [0.717, 1.165) is 35.3 Å². The second kappa shape index (κ2) is 35.5. The third kappa shape index (κ3) is 38.4. The van der Waals surface area contributed by atoms with E-state index < -0.39 is 0 Å². The van der Waals surface area contributed by atoms with Crippen molar-refractivity contribution in [3.8, 4) is 0 Å². The molecule has 0 heterocycles. The summed E-state index contributed by atoms with van der Waals surface area (Å²) in [6, 6.07) is 0. The smallest absolute Gasteiger partial charge is 0.102 e. The highest BCUT2D eigenvalue weighted by Gasteiger charge is 2.15. The zero-order chi connectivity index (χ0) is 34.6. The molecular formula is C40H86N2O5+2. The molecule has 0 aromatic carbocycles. The standard InChI is InChI=1S/C40H86N2O5/c1-7-9-11-13-15-17-19-21-23-25-27-41(3,4)29-31-43-33-35-45-37-39-47-40-38-46-36-34-44-32-30-42(5,6)28-26-24-22-20-18-16-14-12-10-8-2/h7-40H2,1-6H3/q+2. The molecule has 0 aromatic rings. The molecule has 284 valence electrons. The Kier molecular flexibility index (Phi) is 35.3. The second-order valence-corrected chi connectivity index (χ2v) is 15.2. The average molecular weight is 675 g/mol. The van der Waals surface area contributed by atoms with Crippen LogP contribution in [0.15, 0.2) is 0 Å². The van der Waals surface area contributed by atoms with Gasteiger partial charge >= 0.3 is 0 Å². The molecular weight excluding hydrogens is 588 g/mol. The summed E-state index contributed by atoms with van der Waals surface area (Å²) >= 11 is 0. The maximum atomic E-state index is 5.82. The number of unbranched alkanes of at least 4 members (excludes halogenated alkanes) is 18. The van der Waals surface area contributed by atoms with E-state index in [2.05, 4.69) is 42.0 Å². The van der Waals surface area contributed by atoms with Crippen LogP contribution < -0.4 is 0 Å². The van der Waals surface area contributed by atoms with E-state index in [1.807, 2.05) is 0 Å². The van der Waals surface area contributed by atoms with Crippen molar-refractivity contribution in [1.82, 2.24) is 0 Å². The average Bonchev–Trinajstić information content (AvgIpc) is 3.04. The molecule has 0 bridgehead atoms. The summed E-state index contributed by atoms with van der Waals surface area (Å²) in [5.41, 5.74) is 0. The fourth-order valence-electron chi connectivity index (χ4n) is 5.88. The van der Waals surface area contributed by atoms with E-state index in [9.17, 15) is 0 Å². The topological polar surface area (TPSA) is 46.2 Å². The van der Waals surface area contributed by atoms with Crippen LogP contribution in [0, 0.1) is 0 Å². The number of rotatable bonds is 40. The number of hydrogen-bond acceptors (Lipinski definition) is 5. The molecule has 0 aromatic heterocycles. The monoisotopic (exact) mass is 675 g/mol. The Labute approximate surface area is 294 Å². The highest BCUT2D eigenvalue weighted by atomic mass is 16.6. The van der Waals surface area contributed by atoms with Gasteiger partial charge in [-0.1, -0.05) is 117 Å². The molecule has 0 fully saturated rings. The van der Waals surface area contributed by atoms with Gasteiger partial charge in [-0.25, -0.2) is 0 Å². The van der Waals surface area contributed by atoms with Crippen LogP contribution in [0.4, 0.5) is 0 Å². The van der Waals surface area contributed by atoms with Crippen molar-refractivity contribution in [2.75, 3.05) is 120 Å². The number of quaternary nitrogens is 2. The molecule has 0 saturated heterocycles. The van der Waals surface area contributed by atoms with Gasteiger partial charge in [0.15, 0.2) is 0 Å². The predicted octanol–water partition coefficient (Wildman–Crippen LogP) is 9.06. The zero-order valence-corrected chi connectivity index (χ0v) is 33.0. The van der Waals surface area contributed by atoms with Crippen LogP contribution in [0.25, 0.3) is 0 Å². The minimum absolute atomic E-state index is 0.592. The van der Waals surface area contributed by atoms with Crippen LogP contribution in [0.1, 0.15) is 142 Å². The summed E-state index contributed by atoms with van der Waals surface area (Å²) in [5.74, 6) is 0. The lowest BCUT2D eigenvalue weighted by molar-refractivity contribution is -0.891. The van der Waals surface area contributed by atoms with Crippen molar-refractivity contribution < 1.29 is 32.7 Å². The number of ether oxygens (including phenoxy) is 5. The highest BCUT2D eigenvalue weighted by molar-refractivity contribution is 4.49. The molecule has 0 aliphatic carbocycles. The van der Waals surface area contributed by atoms with Gasteiger partial charge in [0.1, 0.15) is 13.1 Å². The molecule has 0 saturated carbocycles. The van der Waals surface area contributed by atoms with Gasteiger partial charge in [-0.3, -0.25) is 0 Å². The number of nitrogens with zero attached hydrogens (tertiary/aromatic N) is 2. The maximum absolute atomic E-state index is 5.82. The van der Waals surface area contributed by atoms with E-state index in [4.69, 9.17) is 23.7 Å². The molecule has 47 heavy (non-hydrogen) atoms. The molecule has 7 nitrogen and oxygen atoms in total. The summed E-state index contributed by atoms with van der Waals surface area (Å²) in [7, 11) is 9.29. The third-order valence-electron chi connectivity index (χ3n) is 9.40. The van der Waals surface area contributed by atoms with Crippen molar-refractivity contribution in [2.24, 2.45) is 0 Å². The zero-order valence-electron chi connectivity index (χ0n) is 33.0. The summed E-state index contributed by atoms with van der Waals surface area (Å²) in [6.45, 7) is 15.7. The van der Waals surface area contributed by atoms with Gasteiger partial charge in [-0.15, -0.1) is 0 Å². The SMILES string of the molecule is CCCCCCCCCCCC[N+](C)(C)CCOCCOCCOCCOCCOCC[N+](C)(C)CCCCCCCCCCCC. The Balaban J connectivity index is 3.35. The van der Waals surface area contributed by atoms with Crippen LogP contribution in [-0.4, -0.2) is 129 Å². The Morgan fingerprint density at radius 2 is 0.468 bits per heavy atom. The fraction of sp³-hybridized carbons (Fsp3) is 1.00. The van der Waals surface area contributed by atoms with Crippen LogP contribution in [0.3, 0.4) is 0 Å². The molecule has 0 spiro atoms. The maximum Gasteiger partial charge on any atom is 0.102 e. The first-order chi connectivity index (χ1) is 22.8. The first-order valence-corrected chi connectivity index (χ1v) is 20.4.